The lowest BCUT2D eigenvalue weighted by Gasteiger charge is -2.26. The van der Waals surface area contributed by atoms with Crippen molar-refractivity contribution in [2.24, 2.45) is 0 Å². The summed E-state index contributed by atoms with van der Waals surface area (Å²) in [7, 11) is 0. The highest BCUT2D eigenvalue weighted by Crippen LogP contribution is 2.38. The first-order valence-corrected chi connectivity index (χ1v) is 11.4. The van der Waals surface area contributed by atoms with Crippen LogP contribution < -0.4 is 19.7 Å². The summed E-state index contributed by atoms with van der Waals surface area (Å²) >= 11 is 6.52. The van der Waals surface area contributed by atoms with Crippen molar-refractivity contribution >= 4 is 41.2 Å². The number of imide groups is 2. The van der Waals surface area contributed by atoms with Crippen LogP contribution >= 0.6 is 11.6 Å². The number of anilines is 1. The first kappa shape index (κ1) is 24.0. The number of carbonyl (C=O) groups excluding carboxylic acids is 3. The Bertz CT molecular complexity index is 1300. The van der Waals surface area contributed by atoms with Gasteiger partial charge in [0.15, 0.2) is 11.5 Å². The molecule has 1 aliphatic rings. The molecule has 3 aromatic rings. The lowest BCUT2D eigenvalue weighted by atomic mass is 10.1. The van der Waals surface area contributed by atoms with Crippen LogP contribution in [0.5, 0.6) is 11.5 Å². The molecule has 8 heteroatoms. The van der Waals surface area contributed by atoms with Crippen molar-refractivity contribution in [3.63, 3.8) is 0 Å². The number of rotatable bonds is 7. The number of nitrogens with one attached hydrogen (secondary N) is 1. The lowest BCUT2D eigenvalue weighted by Crippen LogP contribution is -2.54. The maximum atomic E-state index is 13.1. The van der Waals surface area contributed by atoms with Gasteiger partial charge in [0, 0.05) is 0 Å². The predicted octanol–water partition coefficient (Wildman–Crippen LogP) is 5.29. The summed E-state index contributed by atoms with van der Waals surface area (Å²) < 4.78 is 11.7. The highest BCUT2D eigenvalue weighted by Gasteiger charge is 2.36. The van der Waals surface area contributed by atoms with Crippen molar-refractivity contribution in [3.8, 4) is 11.5 Å². The maximum absolute atomic E-state index is 13.1. The number of halogens is 1. The van der Waals surface area contributed by atoms with E-state index in [9.17, 15) is 14.4 Å². The second-order valence-electron chi connectivity index (χ2n) is 7.83. The van der Waals surface area contributed by atoms with Crippen LogP contribution in [0.2, 0.25) is 5.02 Å². The largest absolute Gasteiger partial charge is 0.490 e. The van der Waals surface area contributed by atoms with E-state index in [0.717, 1.165) is 16.0 Å². The van der Waals surface area contributed by atoms with Crippen molar-refractivity contribution in [1.82, 2.24) is 5.32 Å². The zero-order valence-corrected chi connectivity index (χ0v) is 20.0. The van der Waals surface area contributed by atoms with E-state index in [1.54, 1.807) is 42.5 Å². The van der Waals surface area contributed by atoms with Gasteiger partial charge in [0.2, 0.25) is 0 Å². The molecule has 1 saturated heterocycles. The average Bonchev–Trinajstić information content (AvgIpc) is 2.83. The van der Waals surface area contributed by atoms with Gasteiger partial charge in [-0.15, -0.1) is 0 Å². The van der Waals surface area contributed by atoms with Crippen LogP contribution in [-0.2, 0) is 16.2 Å². The van der Waals surface area contributed by atoms with Gasteiger partial charge in [-0.05, 0) is 55.3 Å². The number of ether oxygens (including phenoxy) is 2. The van der Waals surface area contributed by atoms with Crippen molar-refractivity contribution in [2.45, 2.75) is 20.5 Å². The third-order valence-electron chi connectivity index (χ3n) is 5.26. The number of para-hydroxylation sites is 1. The maximum Gasteiger partial charge on any atom is 0.335 e. The summed E-state index contributed by atoms with van der Waals surface area (Å²) in [5.74, 6) is -0.796. The number of carbonyl (C=O) groups is 3. The van der Waals surface area contributed by atoms with Crippen LogP contribution in [0.1, 0.15) is 23.6 Å². The van der Waals surface area contributed by atoms with E-state index in [1.165, 1.54) is 6.08 Å². The number of urea groups is 1. The molecule has 35 heavy (non-hydrogen) atoms. The molecular formula is C27H23ClN2O5. The molecule has 0 radical (unpaired) electrons. The highest BCUT2D eigenvalue weighted by molar-refractivity contribution is 6.39. The monoisotopic (exact) mass is 490 g/mol. The van der Waals surface area contributed by atoms with Gasteiger partial charge in [-0.2, -0.15) is 0 Å². The Morgan fingerprint density at radius 3 is 2.37 bits per heavy atom. The molecule has 0 aliphatic carbocycles. The van der Waals surface area contributed by atoms with E-state index in [0.29, 0.717) is 29.4 Å². The topological polar surface area (TPSA) is 84.9 Å². The van der Waals surface area contributed by atoms with Crippen LogP contribution in [-0.4, -0.2) is 24.5 Å². The summed E-state index contributed by atoms with van der Waals surface area (Å²) in [6, 6.07) is 18.7. The smallest absolute Gasteiger partial charge is 0.335 e. The summed E-state index contributed by atoms with van der Waals surface area (Å²) in [6.45, 7) is 4.47. The Labute approximate surface area is 207 Å². The molecule has 7 nitrogen and oxygen atoms in total. The first-order chi connectivity index (χ1) is 16.9. The molecule has 3 aromatic carbocycles. The van der Waals surface area contributed by atoms with Crippen molar-refractivity contribution in [2.75, 3.05) is 11.5 Å². The van der Waals surface area contributed by atoms with E-state index in [1.807, 2.05) is 38.1 Å². The summed E-state index contributed by atoms with van der Waals surface area (Å²) in [5.41, 5.74) is 2.70. The van der Waals surface area contributed by atoms with Crippen molar-refractivity contribution < 1.29 is 23.9 Å². The fourth-order valence-corrected chi connectivity index (χ4v) is 3.82. The molecule has 4 rings (SSSR count). The van der Waals surface area contributed by atoms with E-state index in [-0.39, 0.29) is 17.2 Å². The highest BCUT2D eigenvalue weighted by atomic mass is 35.5. The second-order valence-corrected chi connectivity index (χ2v) is 8.24. The molecular weight excluding hydrogens is 468 g/mol. The van der Waals surface area contributed by atoms with Crippen LogP contribution in [0, 0.1) is 6.92 Å². The molecule has 0 atom stereocenters. The van der Waals surface area contributed by atoms with Gasteiger partial charge in [0.25, 0.3) is 11.8 Å². The fraction of sp³-hybridized carbons (Fsp3) is 0.148. The zero-order chi connectivity index (χ0) is 24.9. The summed E-state index contributed by atoms with van der Waals surface area (Å²) in [5, 5.41) is 2.47. The molecule has 1 heterocycles. The van der Waals surface area contributed by atoms with E-state index >= 15 is 0 Å². The lowest BCUT2D eigenvalue weighted by molar-refractivity contribution is -0.122. The standard InChI is InChI=1S/C27H23ClN2O5/c1-3-34-23-15-19(14-22(28)24(23)35-16-18-11-9-17(2)10-12-18)13-21-25(31)29-27(33)30(26(21)32)20-7-5-4-6-8-20/h4-15H,3,16H2,1-2H3,(H,29,31,33)/b21-13+. The Hall–Kier alpha value is -4.10. The molecule has 0 spiro atoms. The number of amides is 4. The zero-order valence-electron chi connectivity index (χ0n) is 19.2. The predicted molar refractivity (Wildman–Crippen MR) is 134 cm³/mol. The minimum absolute atomic E-state index is 0.208. The van der Waals surface area contributed by atoms with Gasteiger partial charge >= 0.3 is 6.03 Å². The first-order valence-electron chi connectivity index (χ1n) is 11.0. The van der Waals surface area contributed by atoms with Gasteiger partial charge in [0.1, 0.15) is 12.2 Å². The Kier molecular flexibility index (Phi) is 7.17. The minimum atomic E-state index is -0.809. The van der Waals surface area contributed by atoms with Gasteiger partial charge in [-0.25, -0.2) is 9.69 Å². The Morgan fingerprint density at radius 2 is 1.69 bits per heavy atom. The third-order valence-corrected chi connectivity index (χ3v) is 5.54. The number of nitrogens with zero attached hydrogens (tertiary/aromatic N) is 1. The van der Waals surface area contributed by atoms with E-state index in [4.69, 9.17) is 21.1 Å². The SMILES string of the molecule is CCOc1cc(/C=C2\C(=O)NC(=O)N(c3ccccc3)C2=O)cc(Cl)c1OCc1ccc(C)cc1. The molecule has 1 N–H and O–H groups in total. The molecule has 178 valence electrons. The molecule has 1 aliphatic heterocycles. The Balaban J connectivity index is 1.65. The summed E-state index contributed by atoms with van der Waals surface area (Å²) in [4.78, 5) is 38.9. The van der Waals surface area contributed by atoms with Gasteiger partial charge in [-0.1, -0.05) is 59.6 Å². The number of hydrogen-bond donors (Lipinski definition) is 1. The number of hydrogen-bond acceptors (Lipinski definition) is 5. The normalized spacial score (nSPS) is 14.8. The molecule has 4 amide bonds. The minimum Gasteiger partial charge on any atom is -0.490 e. The van der Waals surface area contributed by atoms with Gasteiger partial charge in [0.05, 0.1) is 17.3 Å². The quantitative estimate of drug-likeness (QED) is 0.359. The second kappa shape index (κ2) is 10.4. The molecule has 0 aromatic heterocycles. The van der Waals surface area contributed by atoms with Crippen LogP contribution in [0.15, 0.2) is 72.3 Å². The number of benzene rings is 3. The van der Waals surface area contributed by atoms with Crippen LogP contribution in [0.4, 0.5) is 10.5 Å². The van der Waals surface area contributed by atoms with E-state index < -0.39 is 17.8 Å². The van der Waals surface area contributed by atoms with E-state index in [2.05, 4.69) is 5.32 Å². The Morgan fingerprint density at radius 1 is 0.971 bits per heavy atom. The summed E-state index contributed by atoms with van der Waals surface area (Å²) in [6.07, 6.45) is 1.37. The average molecular weight is 491 g/mol. The van der Waals surface area contributed by atoms with Gasteiger partial charge in [-0.3, -0.25) is 14.9 Å². The fourth-order valence-electron chi connectivity index (χ4n) is 3.55. The number of barbiturate groups is 1. The van der Waals surface area contributed by atoms with Crippen LogP contribution in [0.25, 0.3) is 6.08 Å². The molecule has 0 saturated carbocycles. The van der Waals surface area contributed by atoms with Gasteiger partial charge < -0.3 is 9.47 Å². The van der Waals surface area contributed by atoms with Crippen molar-refractivity contribution in [3.05, 3.63) is 94.0 Å². The van der Waals surface area contributed by atoms with Crippen molar-refractivity contribution in [1.29, 1.82) is 0 Å². The molecule has 0 unspecified atom stereocenters. The number of aryl methyl sites for hydroxylation is 1. The van der Waals surface area contributed by atoms with Crippen LogP contribution in [0.3, 0.4) is 0 Å². The molecule has 1 fully saturated rings. The molecule has 0 bridgehead atoms. The third kappa shape index (κ3) is 5.36.